The normalized spacial score (nSPS) is 34.3. The van der Waals surface area contributed by atoms with Crippen LogP contribution in [-0.2, 0) is 9.59 Å². The number of nitrogens with one attached hydrogen (secondary N) is 1. The van der Waals surface area contributed by atoms with Gasteiger partial charge >= 0.3 is 5.97 Å². The maximum absolute atomic E-state index is 11.7. The fraction of sp³-hybridized carbons (Fsp3) is 0.818. The van der Waals surface area contributed by atoms with E-state index in [9.17, 15) is 9.59 Å². The number of rotatable bonds is 4. The van der Waals surface area contributed by atoms with Gasteiger partial charge in [-0.2, -0.15) is 0 Å². The second-order valence-electron chi connectivity index (χ2n) is 4.59. The summed E-state index contributed by atoms with van der Waals surface area (Å²) in [5, 5.41) is 11.4. The molecule has 2 N–H and O–H groups in total. The minimum absolute atomic E-state index is 0.0426. The van der Waals surface area contributed by atoms with Crippen molar-refractivity contribution >= 4 is 11.9 Å². The number of amides is 1. The van der Waals surface area contributed by atoms with Gasteiger partial charge in [0.2, 0.25) is 5.91 Å². The Morgan fingerprint density at radius 2 is 2.00 bits per heavy atom. The number of fused-ring (bicyclic) bond motifs is 1. The van der Waals surface area contributed by atoms with Crippen LogP contribution in [0.2, 0.25) is 0 Å². The summed E-state index contributed by atoms with van der Waals surface area (Å²) < 4.78 is 0. The van der Waals surface area contributed by atoms with E-state index in [2.05, 4.69) is 5.32 Å². The predicted molar refractivity (Wildman–Crippen MR) is 54.2 cm³/mol. The molecule has 2 saturated carbocycles. The predicted octanol–water partition coefficient (Wildman–Crippen LogP) is 1.01. The lowest BCUT2D eigenvalue weighted by molar-refractivity contribution is -0.142. The van der Waals surface area contributed by atoms with Crippen LogP contribution >= 0.6 is 0 Å². The van der Waals surface area contributed by atoms with E-state index in [4.69, 9.17) is 5.11 Å². The minimum Gasteiger partial charge on any atom is -0.480 e. The maximum Gasteiger partial charge on any atom is 0.326 e. The van der Waals surface area contributed by atoms with Gasteiger partial charge in [-0.05, 0) is 31.1 Å². The van der Waals surface area contributed by atoms with Gasteiger partial charge in [0, 0.05) is 5.92 Å². The molecule has 2 unspecified atom stereocenters. The number of carbonyl (C=O) groups excluding carboxylic acids is 1. The fourth-order valence-corrected chi connectivity index (χ4v) is 2.82. The minimum atomic E-state index is -0.934. The van der Waals surface area contributed by atoms with Crippen molar-refractivity contribution in [3.05, 3.63) is 0 Å². The first kappa shape index (κ1) is 10.5. The molecule has 0 saturated heterocycles. The molecular formula is C11H17NO3. The van der Waals surface area contributed by atoms with Crippen molar-refractivity contribution in [3.8, 4) is 0 Å². The van der Waals surface area contributed by atoms with Crippen LogP contribution in [0.5, 0.6) is 0 Å². The van der Waals surface area contributed by atoms with Crippen LogP contribution in [0.4, 0.5) is 0 Å². The molecule has 0 radical (unpaired) electrons. The van der Waals surface area contributed by atoms with Gasteiger partial charge in [-0.15, -0.1) is 0 Å². The van der Waals surface area contributed by atoms with Crippen molar-refractivity contribution in [2.45, 2.75) is 38.6 Å². The molecule has 0 aromatic carbocycles. The van der Waals surface area contributed by atoms with Gasteiger partial charge < -0.3 is 10.4 Å². The van der Waals surface area contributed by atoms with E-state index in [0.717, 1.165) is 12.8 Å². The second kappa shape index (κ2) is 3.83. The SMILES string of the molecule is CC[C@@H](NC(=O)C1C2CCCC21)C(=O)O. The molecule has 0 aromatic rings. The maximum atomic E-state index is 11.7. The third kappa shape index (κ3) is 1.85. The van der Waals surface area contributed by atoms with Crippen molar-refractivity contribution in [1.29, 1.82) is 0 Å². The molecule has 0 spiro atoms. The zero-order chi connectivity index (χ0) is 11.0. The van der Waals surface area contributed by atoms with Gasteiger partial charge in [-0.3, -0.25) is 4.79 Å². The molecule has 2 aliphatic carbocycles. The third-order valence-corrected chi connectivity index (χ3v) is 3.73. The number of carboxylic acids is 1. The Kier molecular flexibility index (Phi) is 2.67. The Morgan fingerprint density at radius 3 is 2.47 bits per heavy atom. The molecule has 84 valence electrons. The van der Waals surface area contributed by atoms with E-state index in [-0.39, 0.29) is 11.8 Å². The van der Waals surface area contributed by atoms with Crippen LogP contribution in [0.1, 0.15) is 32.6 Å². The summed E-state index contributed by atoms with van der Waals surface area (Å²) in [6.07, 6.45) is 3.97. The van der Waals surface area contributed by atoms with Crippen LogP contribution in [0.15, 0.2) is 0 Å². The smallest absolute Gasteiger partial charge is 0.326 e. The van der Waals surface area contributed by atoms with Crippen LogP contribution in [-0.4, -0.2) is 23.0 Å². The molecular weight excluding hydrogens is 194 g/mol. The third-order valence-electron chi connectivity index (χ3n) is 3.73. The summed E-state index contributed by atoms with van der Waals surface area (Å²) >= 11 is 0. The highest BCUT2D eigenvalue weighted by Crippen LogP contribution is 2.57. The van der Waals surface area contributed by atoms with Crippen molar-refractivity contribution in [2.75, 3.05) is 0 Å². The Labute approximate surface area is 89.0 Å². The summed E-state index contributed by atoms with van der Waals surface area (Å²) in [5.41, 5.74) is 0. The zero-order valence-electron chi connectivity index (χ0n) is 8.90. The lowest BCUT2D eigenvalue weighted by Crippen LogP contribution is -2.41. The molecule has 1 amide bonds. The Balaban J connectivity index is 1.85. The number of aliphatic carboxylic acids is 1. The van der Waals surface area contributed by atoms with Gasteiger partial charge in [0.25, 0.3) is 0 Å². The van der Waals surface area contributed by atoms with Gasteiger partial charge in [0.05, 0.1) is 0 Å². The molecule has 0 aliphatic heterocycles. The lowest BCUT2D eigenvalue weighted by atomic mass is 10.1. The summed E-state index contributed by atoms with van der Waals surface area (Å²) in [5.74, 6) is 0.246. The average molecular weight is 211 g/mol. The monoisotopic (exact) mass is 211 g/mol. The summed E-state index contributed by atoms with van der Waals surface area (Å²) in [4.78, 5) is 22.5. The molecule has 4 nitrogen and oxygen atoms in total. The van der Waals surface area contributed by atoms with Crippen molar-refractivity contribution in [2.24, 2.45) is 17.8 Å². The van der Waals surface area contributed by atoms with E-state index in [0.29, 0.717) is 18.3 Å². The lowest BCUT2D eigenvalue weighted by Gasteiger charge is -2.12. The first-order valence-corrected chi connectivity index (χ1v) is 5.68. The highest BCUT2D eigenvalue weighted by Gasteiger charge is 2.56. The van der Waals surface area contributed by atoms with Gasteiger partial charge in [-0.1, -0.05) is 13.3 Å². The molecule has 0 aromatic heterocycles. The second-order valence-corrected chi connectivity index (χ2v) is 4.59. The van der Waals surface area contributed by atoms with E-state index >= 15 is 0 Å². The van der Waals surface area contributed by atoms with Crippen molar-refractivity contribution < 1.29 is 14.7 Å². The van der Waals surface area contributed by atoms with Gasteiger partial charge in [0.1, 0.15) is 6.04 Å². The Bertz CT molecular complexity index is 280. The van der Waals surface area contributed by atoms with Crippen LogP contribution in [0.25, 0.3) is 0 Å². The molecule has 2 aliphatic rings. The Morgan fingerprint density at radius 1 is 1.40 bits per heavy atom. The number of hydrogen-bond acceptors (Lipinski definition) is 2. The van der Waals surface area contributed by atoms with Gasteiger partial charge in [-0.25, -0.2) is 4.79 Å². The number of carbonyl (C=O) groups is 2. The van der Waals surface area contributed by atoms with E-state index in [1.165, 1.54) is 6.42 Å². The highest BCUT2D eigenvalue weighted by molar-refractivity contribution is 5.87. The quantitative estimate of drug-likeness (QED) is 0.729. The van der Waals surface area contributed by atoms with E-state index in [1.807, 2.05) is 0 Å². The molecule has 2 rings (SSSR count). The Hall–Kier alpha value is -1.06. The summed E-state index contributed by atoms with van der Waals surface area (Å²) in [6.45, 7) is 1.77. The van der Waals surface area contributed by atoms with Crippen LogP contribution in [0, 0.1) is 17.8 Å². The molecule has 0 heterocycles. The fourth-order valence-electron chi connectivity index (χ4n) is 2.82. The highest BCUT2D eigenvalue weighted by atomic mass is 16.4. The topological polar surface area (TPSA) is 66.4 Å². The van der Waals surface area contributed by atoms with E-state index in [1.54, 1.807) is 6.92 Å². The summed E-state index contributed by atoms with van der Waals surface area (Å²) in [7, 11) is 0. The zero-order valence-corrected chi connectivity index (χ0v) is 8.90. The standard InChI is InChI=1S/C11H17NO3/c1-2-8(11(14)15)12-10(13)9-6-4-3-5-7(6)9/h6-9H,2-5H2,1H3,(H,12,13)(H,14,15)/t6?,7?,8-,9?/m1/s1. The summed E-state index contributed by atoms with van der Waals surface area (Å²) in [6, 6.07) is -0.709. The largest absolute Gasteiger partial charge is 0.480 e. The van der Waals surface area contributed by atoms with Crippen LogP contribution < -0.4 is 5.32 Å². The first-order valence-electron chi connectivity index (χ1n) is 5.68. The number of carboxylic acid groups (broad SMARTS) is 1. The molecule has 4 heteroatoms. The van der Waals surface area contributed by atoms with E-state index < -0.39 is 12.0 Å². The van der Waals surface area contributed by atoms with Crippen LogP contribution in [0.3, 0.4) is 0 Å². The molecule has 0 bridgehead atoms. The van der Waals surface area contributed by atoms with Crippen molar-refractivity contribution in [1.82, 2.24) is 5.32 Å². The molecule has 2 fully saturated rings. The number of hydrogen-bond donors (Lipinski definition) is 2. The molecule has 15 heavy (non-hydrogen) atoms. The average Bonchev–Trinajstić information content (AvgIpc) is 2.68. The van der Waals surface area contributed by atoms with Gasteiger partial charge in [0.15, 0.2) is 0 Å². The first-order chi connectivity index (χ1) is 7.15. The van der Waals surface area contributed by atoms with Crippen molar-refractivity contribution in [3.63, 3.8) is 0 Å². The molecule has 3 atom stereocenters.